The number of pyridine rings is 1. The summed E-state index contributed by atoms with van der Waals surface area (Å²) >= 11 is 0. The van der Waals surface area contributed by atoms with Gasteiger partial charge in [-0.3, -0.25) is 10.1 Å². The van der Waals surface area contributed by atoms with E-state index in [0.29, 0.717) is 22.6 Å². The monoisotopic (exact) mass is 199 g/mol. The van der Waals surface area contributed by atoms with Crippen molar-refractivity contribution in [2.45, 2.75) is 0 Å². The number of hydrogen-bond donors (Lipinski definition) is 1. The summed E-state index contributed by atoms with van der Waals surface area (Å²) in [6, 6.07) is 5.55. The Morgan fingerprint density at radius 1 is 1.07 bits per heavy atom. The Balaban J connectivity index is 2.31. The Labute approximate surface area is 83.6 Å². The second kappa shape index (κ2) is 3.05. The van der Waals surface area contributed by atoms with Crippen LogP contribution in [0.15, 0.2) is 24.4 Å². The first kappa shape index (κ1) is 7.92. The average Bonchev–Trinajstić information content (AvgIpc) is 2.78. The van der Waals surface area contributed by atoms with Gasteiger partial charge in [0.25, 0.3) is 0 Å². The lowest BCUT2D eigenvalue weighted by Crippen LogP contribution is -1.94. The largest absolute Gasteiger partial charge is 0.254 e. The van der Waals surface area contributed by atoms with Crippen LogP contribution in [-0.2, 0) is 0 Å². The van der Waals surface area contributed by atoms with Gasteiger partial charge in [-0.05, 0) is 17.3 Å². The molecule has 0 aliphatic heterocycles. The number of hydrogen-bond acceptors (Lipinski definition) is 6. The molecule has 7 nitrogen and oxygen atoms in total. The molecular weight excluding hydrogens is 194 g/mol. The van der Waals surface area contributed by atoms with E-state index in [1.165, 1.54) is 0 Å². The lowest BCUT2D eigenvalue weighted by atomic mass is 10.2. The first-order valence-electron chi connectivity index (χ1n) is 4.26. The van der Waals surface area contributed by atoms with Crippen molar-refractivity contribution in [3.8, 4) is 11.4 Å². The minimum atomic E-state index is 0.436. The molecule has 0 aliphatic carbocycles. The number of nitrogens with one attached hydrogen (secondary N) is 1. The molecule has 0 atom stereocenters. The maximum atomic E-state index is 4.17. The number of rotatable bonds is 1. The van der Waals surface area contributed by atoms with Gasteiger partial charge in [0.05, 0.1) is 5.69 Å². The highest BCUT2D eigenvalue weighted by molar-refractivity contribution is 5.83. The van der Waals surface area contributed by atoms with Gasteiger partial charge in [-0.15, -0.1) is 15.3 Å². The summed E-state index contributed by atoms with van der Waals surface area (Å²) in [6.07, 6.45) is 1.69. The van der Waals surface area contributed by atoms with Crippen LogP contribution in [0.4, 0.5) is 0 Å². The van der Waals surface area contributed by atoms with Crippen molar-refractivity contribution in [3.05, 3.63) is 24.4 Å². The summed E-state index contributed by atoms with van der Waals surface area (Å²) in [5, 5.41) is 21.4. The van der Waals surface area contributed by atoms with E-state index in [-0.39, 0.29) is 0 Å². The summed E-state index contributed by atoms with van der Waals surface area (Å²) in [5.41, 5.74) is 2.39. The summed E-state index contributed by atoms with van der Waals surface area (Å²) in [7, 11) is 0. The van der Waals surface area contributed by atoms with Crippen molar-refractivity contribution in [1.29, 1.82) is 0 Å². The topological polar surface area (TPSA) is 93.1 Å². The Morgan fingerprint density at radius 2 is 2.07 bits per heavy atom. The molecule has 3 rings (SSSR count). The molecule has 7 heteroatoms. The minimum absolute atomic E-state index is 0.436. The molecule has 0 fully saturated rings. The second-order valence-corrected chi connectivity index (χ2v) is 2.86. The van der Waals surface area contributed by atoms with Gasteiger partial charge in [-0.1, -0.05) is 11.3 Å². The number of fused-ring (bicyclic) bond motifs is 1. The van der Waals surface area contributed by atoms with E-state index >= 15 is 0 Å². The van der Waals surface area contributed by atoms with Gasteiger partial charge in [0.15, 0.2) is 0 Å². The highest BCUT2D eigenvalue weighted by Gasteiger charge is 2.10. The zero-order valence-corrected chi connectivity index (χ0v) is 7.49. The van der Waals surface area contributed by atoms with Crippen LogP contribution in [0.1, 0.15) is 0 Å². The minimum Gasteiger partial charge on any atom is -0.254 e. The Hall–Kier alpha value is -2.44. The molecule has 3 heterocycles. The van der Waals surface area contributed by atoms with Gasteiger partial charge >= 0.3 is 0 Å². The molecule has 0 spiro atoms. The van der Waals surface area contributed by atoms with Crippen LogP contribution in [0, 0.1) is 0 Å². The van der Waals surface area contributed by atoms with E-state index in [4.69, 9.17) is 0 Å². The van der Waals surface area contributed by atoms with Crippen molar-refractivity contribution in [1.82, 2.24) is 35.8 Å². The van der Waals surface area contributed by atoms with Crippen molar-refractivity contribution in [2.24, 2.45) is 0 Å². The number of aromatic amines is 1. The SMILES string of the molecule is c1ccc(-c2nnnc3nn[nH]c23)nc1. The van der Waals surface area contributed by atoms with E-state index in [9.17, 15) is 0 Å². The van der Waals surface area contributed by atoms with E-state index in [2.05, 4.69) is 35.8 Å². The number of H-pyrrole nitrogens is 1. The maximum Gasteiger partial charge on any atom is 0.227 e. The zero-order valence-electron chi connectivity index (χ0n) is 7.49. The van der Waals surface area contributed by atoms with Crippen LogP contribution in [-0.4, -0.2) is 35.8 Å². The van der Waals surface area contributed by atoms with Crippen LogP contribution < -0.4 is 0 Å². The van der Waals surface area contributed by atoms with Crippen molar-refractivity contribution in [2.75, 3.05) is 0 Å². The molecule has 0 saturated carbocycles. The van der Waals surface area contributed by atoms with E-state index in [0.717, 1.165) is 0 Å². The number of nitrogens with zero attached hydrogens (tertiary/aromatic N) is 6. The van der Waals surface area contributed by atoms with Gasteiger partial charge in [-0.25, -0.2) is 0 Å². The maximum absolute atomic E-state index is 4.17. The predicted octanol–water partition coefficient (Wildman–Crippen LogP) is 0.205. The molecule has 0 unspecified atom stereocenters. The standard InChI is InChI=1S/C8H5N7/c1-2-4-9-5(3-1)6-7-8(12-14-10-6)13-15-11-7/h1-4H,(H,10,11,12,13,15). The van der Waals surface area contributed by atoms with Crippen LogP contribution in [0.25, 0.3) is 22.6 Å². The fourth-order valence-corrected chi connectivity index (χ4v) is 1.29. The molecule has 0 saturated heterocycles. The van der Waals surface area contributed by atoms with Crippen LogP contribution in [0.3, 0.4) is 0 Å². The van der Waals surface area contributed by atoms with E-state index in [1.807, 2.05) is 18.2 Å². The lowest BCUT2D eigenvalue weighted by Gasteiger charge is -1.96. The van der Waals surface area contributed by atoms with Crippen molar-refractivity contribution < 1.29 is 0 Å². The van der Waals surface area contributed by atoms with E-state index in [1.54, 1.807) is 6.20 Å². The third kappa shape index (κ3) is 1.21. The summed E-state index contributed by atoms with van der Waals surface area (Å²) in [6.45, 7) is 0. The highest BCUT2D eigenvalue weighted by Crippen LogP contribution is 2.18. The second-order valence-electron chi connectivity index (χ2n) is 2.86. The lowest BCUT2D eigenvalue weighted by molar-refractivity contribution is 0.885. The first-order chi connectivity index (χ1) is 7.45. The average molecular weight is 199 g/mol. The fourth-order valence-electron chi connectivity index (χ4n) is 1.29. The number of aromatic nitrogens is 7. The molecule has 0 bridgehead atoms. The third-order valence-electron chi connectivity index (χ3n) is 1.96. The third-order valence-corrected chi connectivity index (χ3v) is 1.96. The Bertz CT molecular complexity index is 588. The van der Waals surface area contributed by atoms with Crippen LogP contribution >= 0.6 is 0 Å². The van der Waals surface area contributed by atoms with Crippen LogP contribution in [0.2, 0.25) is 0 Å². The molecule has 72 valence electrons. The normalized spacial score (nSPS) is 10.7. The van der Waals surface area contributed by atoms with E-state index < -0.39 is 0 Å². The Morgan fingerprint density at radius 3 is 2.93 bits per heavy atom. The quantitative estimate of drug-likeness (QED) is 0.601. The van der Waals surface area contributed by atoms with Gasteiger partial charge in [0.1, 0.15) is 11.2 Å². The highest BCUT2D eigenvalue weighted by atomic mass is 15.4. The first-order valence-corrected chi connectivity index (χ1v) is 4.26. The summed E-state index contributed by atoms with van der Waals surface area (Å²) in [5.74, 6) is 0. The van der Waals surface area contributed by atoms with Crippen molar-refractivity contribution >= 4 is 11.2 Å². The molecule has 3 aromatic heterocycles. The van der Waals surface area contributed by atoms with Gasteiger partial charge in [0.2, 0.25) is 5.65 Å². The molecule has 3 aromatic rings. The zero-order chi connectivity index (χ0) is 10.1. The van der Waals surface area contributed by atoms with Gasteiger partial charge < -0.3 is 0 Å². The van der Waals surface area contributed by atoms with Gasteiger partial charge in [0, 0.05) is 6.20 Å². The summed E-state index contributed by atoms with van der Waals surface area (Å²) < 4.78 is 0. The molecule has 15 heavy (non-hydrogen) atoms. The van der Waals surface area contributed by atoms with Crippen LogP contribution in [0.5, 0.6) is 0 Å². The molecule has 0 aliphatic rings. The Kier molecular flexibility index (Phi) is 1.61. The fraction of sp³-hybridized carbons (Fsp3) is 0. The molecule has 1 N–H and O–H groups in total. The smallest absolute Gasteiger partial charge is 0.227 e. The van der Waals surface area contributed by atoms with Crippen molar-refractivity contribution in [3.63, 3.8) is 0 Å². The summed E-state index contributed by atoms with van der Waals surface area (Å²) in [4.78, 5) is 4.17. The van der Waals surface area contributed by atoms with Gasteiger partial charge in [-0.2, -0.15) is 0 Å². The predicted molar refractivity (Wildman–Crippen MR) is 50.5 cm³/mol. The molecule has 0 aromatic carbocycles. The molecule has 0 radical (unpaired) electrons. The molecular formula is C8H5N7. The molecule has 0 amide bonds.